The molecule has 0 nitrogen and oxygen atoms in total. The van der Waals surface area contributed by atoms with E-state index in [0.717, 1.165) is 6.42 Å². The maximum Gasteiger partial charge on any atom is 5.00 e. The fourth-order valence-electron chi connectivity index (χ4n) is 2.01. The molecule has 0 aromatic carbocycles. The first-order chi connectivity index (χ1) is 6.12. The Bertz CT molecular complexity index is 236. The fourth-order valence-corrected chi connectivity index (χ4v) is 11.7. The van der Waals surface area contributed by atoms with Gasteiger partial charge in [-0.15, -0.1) is 26.3 Å². The minimum absolute atomic E-state index is 0. The molecule has 0 aromatic rings. The van der Waals surface area contributed by atoms with Crippen molar-refractivity contribution in [3.63, 3.8) is 0 Å². The molecule has 1 aliphatic carbocycles. The zero-order valence-corrected chi connectivity index (χ0v) is 18.0. The smallest absolute Gasteiger partial charge is 0.358 e. The van der Waals surface area contributed by atoms with Crippen molar-refractivity contribution in [3.05, 3.63) is 53.1 Å². The average molecular weight is 360 g/mol. The summed E-state index contributed by atoms with van der Waals surface area (Å²) in [4.78, 5) is 0. The number of halogens is 1. The van der Waals surface area contributed by atoms with Gasteiger partial charge in [0.15, 0.2) is 0 Å². The number of allylic oxidation sites excluding steroid dienone is 4. The van der Waals surface area contributed by atoms with Gasteiger partial charge >= 0.3 is 17.4 Å². The molecule has 1 aliphatic rings. The molecule has 0 atom stereocenters. The van der Waals surface area contributed by atoms with Gasteiger partial charge in [0.2, 0.25) is 0 Å². The third-order valence-corrected chi connectivity index (χ3v) is 15.0. The van der Waals surface area contributed by atoms with E-state index >= 15 is 0 Å². The molecule has 0 heterocycles. The molecule has 0 bridgehead atoms. The van der Waals surface area contributed by atoms with Gasteiger partial charge in [-0.05, 0) is 12.3 Å². The molecule has 1 radical (unpaired) electrons. The molecule has 0 spiro atoms. The first kappa shape index (κ1) is 36.8. The van der Waals surface area contributed by atoms with Crippen molar-refractivity contribution >= 4 is 27.6 Å². The van der Waals surface area contributed by atoms with Gasteiger partial charge in [0.05, 0.1) is 7.74 Å². The van der Waals surface area contributed by atoms with E-state index in [1.807, 2.05) is 0 Å². The molecule has 0 amide bonds. The van der Waals surface area contributed by atoms with E-state index in [4.69, 9.17) is 0 Å². The van der Waals surface area contributed by atoms with Gasteiger partial charge in [0, 0.05) is 0 Å². The summed E-state index contributed by atoms with van der Waals surface area (Å²) in [6.45, 7) is 9.74. The summed E-state index contributed by atoms with van der Waals surface area (Å²) in [5.74, 6) is 0. The second-order valence-electron chi connectivity index (χ2n) is 3.93. The largest absolute Gasteiger partial charge is 5.00 e. The number of hydrogen-bond donors (Lipinski definition) is 0. The van der Waals surface area contributed by atoms with Crippen molar-refractivity contribution in [1.29, 1.82) is 0 Å². The van der Waals surface area contributed by atoms with E-state index in [-0.39, 0.29) is 66.9 Å². The Hall–Kier alpha value is 0.949. The Morgan fingerprint density at radius 1 is 1.11 bits per heavy atom. The predicted molar refractivity (Wildman–Crippen MR) is 98.9 cm³/mol. The zero-order valence-electron chi connectivity index (χ0n) is 14.0. The normalized spacial score (nSPS) is 11.5. The quantitative estimate of drug-likeness (QED) is 0.320. The van der Waals surface area contributed by atoms with Crippen LogP contribution >= 0.6 is 19.9 Å². The van der Waals surface area contributed by atoms with Crippen LogP contribution < -0.4 is 0 Å². The van der Waals surface area contributed by atoms with Gasteiger partial charge in [0.1, 0.15) is 0 Å². The van der Waals surface area contributed by atoms with Crippen LogP contribution in [0.25, 0.3) is 0 Å². The third-order valence-electron chi connectivity index (χ3n) is 2.91. The summed E-state index contributed by atoms with van der Waals surface area (Å²) in [5.41, 5.74) is 0. The Labute approximate surface area is 143 Å². The second kappa shape index (κ2) is 17.0. The van der Waals surface area contributed by atoms with Crippen molar-refractivity contribution in [2.45, 2.75) is 33.4 Å². The number of hydrogen-bond acceptors (Lipinski definition) is 0. The second-order valence-corrected chi connectivity index (χ2v) is 15.2. The molecule has 0 unspecified atom stereocenters. The zero-order chi connectivity index (χ0) is 9.90. The monoisotopic (exact) mass is 359 g/mol. The Balaban J connectivity index is -0.0000000704. The minimum atomic E-state index is -1.12. The van der Waals surface area contributed by atoms with Gasteiger partial charge < -0.3 is 29.7 Å². The summed E-state index contributed by atoms with van der Waals surface area (Å²) in [7, 11) is -0.839. The molecule has 19 heavy (non-hydrogen) atoms. The Morgan fingerprint density at radius 3 is 1.79 bits per heavy atom. The molecule has 0 saturated heterocycles. The van der Waals surface area contributed by atoms with Gasteiger partial charge in [-0.25, -0.2) is 11.3 Å². The maximum absolute atomic E-state index is 3.53. The van der Waals surface area contributed by atoms with Gasteiger partial charge in [0.25, 0.3) is 0 Å². The van der Waals surface area contributed by atoms with E-state index in [0.29, 0.717) is 0 Å². The van der Waals surface area contributed by atoms with Gasteiger partial charge in [-0.3, -0.25) is 6.08 Å². The standard InChI is InChI=1S/C11H20PSi.4CH3.ClH.Cr/c1-5-12(6-2)13(3,4)11-9-7-8-10-11;;;;;;/h7,9H,5-6,8H2,1-4H3;4*1H3;1H;/q5*-1;;+5. The molecule has 0 saturated carbocycles. The van der Waals surface area contributed by atoms with Crippen molar-refractivity contribution in [2.24, 2.45) is 0 Å². The van der Waals surface area contributed by atoms with Gasteiger partial charge in [-0.1, -0.05) is 26.9 Å². The first-order valence-electron chi connectivity index (χ1n) is 5.15. The van der Waals surface area contributed by atoms with E-state index in [9.17, 15) is 0 Å². The van der Waals surface area contributed by atoms with Crippen molar-refractivity contribution in [2.75, 3.05) is 12.3 Å². The summed E-state index contributed by atoms with van der Waals surface area (Å²) in [6, 6.07) is 0. The summed E-state index contributed by atoms with van der Waals surface area (Å²) >= 11 is 0. The molecule has 0 aromatic heterocycles. The van der Waals surface area contributed by atoms with E-state index in [2.05, 4.69) is 45.2 Å². The minimum Gasteiger partial charge on any atom is -0.358 e. The van der Waals surface area contributed by atoms with Crippen LogP contribution in [0.1, 0.15) is 20.3 Å². The molecule has 4 heteroatoms. The van der Waals surface area contributed by atoms with Crippen LogP contribution in [0.2, 0.25) is 13.1 Å². The molecule has 0 fully saturated rings. The van der Waals surface area contributed by atoms with Gasteiger partial charge in [-0.2, -0.15) is 6.08 Å². The van der Waals surface area contributed by atoms with E-state index < -0.39 is 7.74 Å². The van der Waals surface area contributed by atoms with Crippen LogP contribution in [-0.2, 0) is 17.4 Å². The molecule has 0 N–H and O–H groups in total. The van der Waals surface area contributed by atoms with E-state index in [1.165, 1.54) is 12.3 Å². The van der Waals surface area contributed by atoms with Crippen LogP contribution in [0.3, 0.4) is 0 Å². The molecule has 115 valence electrons. The van der Waals surface area contributed by atoms with Crippen LogP contribution in [0.4, 0.5) is 0 Å². The maximum atomic E-state index is 3.53. The topological polar surface area (TPSA) is 0 Å². The molecule has 1 rings (SSSR count). The Kier molecular flexibility index (Phi) is 32.9. The average Bonchev–Trinajstić information content (AvgIpc) is 2.58. The molecular formula is C15H33ClCrPSi. The predicted octanol–water partition coefficient (Wildman–Crippen LogP) is 6.16. The SMILES string of the molecule is CCP(CC)[Si](C)(C)C1=[C-]CC=C1.Cl.[CH3-].[CH3-].[CH3-].[CH3-].[Cr+5]. The molecule has 0 aliphatic heterocycles. The van der Waals surface area contributed by atoms with Crippen molar-refractivity contribution in [3.8, 4) is 0 Å². The number of rotatable bonds is 4. The van der Waals surface area contributed by atoms with Crippen LogP contribution in [-0.4, -0.2) is 20.1 Å². The fraction of sp³-hybridized carbons (Fsp3) is 0.467. The summed E-state index contributed by atoms with van der Waals surface area (Å²) in [6.07, 6.45) is 12.0. The van der Waals surface area contributed by atoms with Crippen molar-refractivity contribution in [1.82, 2.24) is 0 Å². The molecular weight excluding hydrogens is 327 g/mol. The van der Waals surface area contributed by atoms with Crippen LogP contribution in [0, 0.1) is 35.8 Å². The summed E-state index contributed by atoms with van der Waals surface area (Å²) < 4.78 is 0. The Morgan fingerprint density at radius 2 is 1.53 bits per heavy atom. The summed E-state index contributed by atoms with van der Waals surface area (Å²) in [5, 5.41) is 1.59. The first-order valence-corrected chi connectivity index (χ1v) is 10.7. The van der Waals surface area contributed by atoms with Crippen LogP contribution in [0.5, 0.6) is 0 Å². The third kappa shape index (κ3) is 9.49. The van der Waals surface area contributed by atoms with Crippen LogP contribution in [0.15, 0.2) is 17.3 Å². The van der Waals surface area contributed by atoms with Crippen molar-refractivity contribution < 1.29 is 17.4 Å². The van der Waals surface area contributed by atoms with E-state index in [1.54, 1.807) is 5.20 Å².